The molecule has 1 fully saturated rings. The van der Waals surface area contributed by atoms with Crippen LogP contribution in [0.2, 0.25) is 0 Å². The van der Waals surface area contributed by atoms with Gasteiger partial charge in [-0.2, -0.15) is 0 Å². The molecule has 9 heteroatoms. The standard InChI is InChI=1S/C25H31N3O5S/c1-20(28(34(2,30)31)22-10-11-23-24(19-22)33-18-17-32-23)25(29)27-15-13-26(14-16-27)12-6-9-21-7-4-3-5-8-21/h3-11,19-20H,12-18H2,1-2H3/b9-6+/t20-/m0/s1. The number of anilines is 1. The minimum absolute atomic E-state index is 0.209. The van der Waals surface area contributed by atoms with Gasteiger partial charge in [0.1, 0.15) is 19.3 Å². The molecule has 4 rings (SSSR count). The maximum Gasteiger partial charge on any atom is 0.246 e. The van der Waals surface area contributed by atoms with Gasteiger partial charge in [-0.25, -0.2) is 8.42 Å². The first-order valence-corrected chi connectivity index (χ1v) is 13.3. The fraction of sp³-hybridized carbons (Fsp3) is 0.400. The number of ether oxygens (including phenoxy) is 2. The molecule has 1 amide bonds. The third-order valence-electron chi connectivity index (χ3n) is 6.00. The van der Waals surface area contributed by atoms with Crippen LogP contribution in [-0.2, 0) is 14.8 Å². The summed E-state index contributed by atoms with van der Waals surface area (Å²) >= 11 is 0. The second-order valence-corrected chi connectivity index (χ2v) is 10.4. The Balaban J connectivity index is 1.39. The predicted octanol–water partition coefficient (Wildman–Crippen LogP) is 2.47. The van der Waals surface area contributed by atoms with Gasteiger partial charge in [0.05, 0.1) is 11.9 Å². The normalized spacial score (nSPS) is 17.5. The number of carbonyl (C=O) groups is 1. The lowest BCUT2D eigenvalue weighted by atomic mass is 10.2. The lowest BCUT2D eigenvalue weighted by Gasteiger charge is -2.38. The van der Waals surface area contributed by atoms with Crippen molar-refractivity contribution >= 4 is 27.7 Å². The van der Waals surface area contributed by atoms with E-state index in [4.69, 9.17) is 9.47 Å². The second kappa shape index (κ2) is 10.5. The fourth-order valence-electron chi connectivity index (χ4n) is 4.29. The largest absolute Gasteiger partial charge is 0.486 e. The zero-order valence-electron chi connectivity index (χ0n) is 19.6. The molecule has 0 aliphatic carbocycles. The molecular weight excluding hydrogens is 454 g/mol. The minimum atomic E-state index is -3.71. The smallest absolute Gasteiger partial charge is 0.246 e. The Hall–Kier alpha value is -3.04. The molecule has 0 radical (unpaired) electrons. The number of carbonyl (C=O) groups excluding carboxylic acids is 1. The van der Waals surface area contributed by atoms with Crippen LogP contribution in [0.3, 0.4) is 0 Å². The Morgan fingerprint density at radius 1 is 1.03 bits per heavy atom. The highest BCUT2D eigenvalue weighted by Crippen LogP contribution is 2.35. The van der Waals surface area contributed by atoms with E-state index < -0.39 is 16.1 Å². The number of fused-ring (bicyclic) bond motifs is 1. The predicted molar refractivity (Wildman–Crippen MR) is 133 cm³/mol. The quantitative estimate of drug-likeness (QED) is 0.600. The van der Waals surface area contributed by atoms with Gasteiger partial charge in [-0.1, -0.05) is 42.5 Å². The Labute approximate surface area is 201 Å². The van der Waals surface area contributed by atoms with Gasteiger partial charge >= 0.3 is 0 Å². The van der Waals surface area contributed by atoms with E-state index >= 15 is 0 Å². The third-order valence-corrected chi connectivity index (χ3v) is 7.25. The van der Waals surface area contributed by atoms with Crippen molar-refractivity contribution in [3.05, 3.63) is 60.2 Å². The van der Waals surface area contributed by atoms with E-state index in [1.54, 1.807) is 30.0 Å². The van der Waals surface area contributed by atoms with Gasteiger partial charge in [-0.05, 0) is 24.6 Å². The number of benzene rings is 2. The minimum Gasteiger partial charge on any atom is -0.486 e. The highest BCUT2D eigenvalue weighted by molar-refractivity contribution is 7.92. The summed E-state index contributed by atoms with van der Waals surface area (Å²) in [5.41, 5.74) is 1.54. The average Bonchev–Trinajstić information content (AvgIpc) is 2.84. The molecule has 0 unspecified atom stereocenters. The number of hydrogen-bond acceptors (Lipinski definition) is 6. The van der Waals surface area contributed by atoms with Crippen molar-refractivity contribution in [1.29, 1.82) is 0 Å². The van der Waals surface area contributed by atoms with Crippen LogP contribution in [0.1, 0.15) is 12.5 Å². The highest BCUT2D eigenvalue weighted by atomic mass is 32.2. The topological polar surface area (TPSA) is 79.4 Å². The molecule has 2 aromatic rings. The van der Waals surface area contributed by atoms with Gasteiger partial charge in [0.15, 0.2) is 11.5 Å². The summed E-state index contributed by atoms with van der Waals surface area (Å²) < 4.78 is 37.7. The van der Waals surface area contributed by atoms with Crippen molar-refractivity contribution in [1.82, 2.24) is 9.80 Å². The zero-order valence-corrected chi connectivity index (χ0v) is 20.4. The molecule has 2 aliphatic heterocycles. The second-order valence-electron chi connectivity index (χ2n) is 8.50. The number of hydrogen-bond donors (Lipinski definition) is 0. The zero-order chi connectivity index (χ0) is 24.1. The van der Waals surface area contributed by atoms with Crippen molar-refractivity contribution < 1.29 is 22.7 Å². The Bertz CT molecular complexity index is 1130. The summed E-state index contributed by atoms with van der Waals surface area (Å²) in [5, 5.41) is 0. The Kier molecular flexibility index (Phi) is 7.43. The van der Waals surface area contributed by atoms with E-state index in [2.05, 4.69) is 29.2 Å². The highest BCUT2D eigenvalue weighted by Gasteiger charge is 2.34. The van der Waals surface area contributed by atoms with Crippen LogP contribution in [0, 0.1) is 0 Å². The van der Waals surface area contributed by atoms with Crippen LogP contribution >= 0.6 is 0 Å². The summed E-state index contributed by atoms with van der Waals surface area (Å²) in [4.78, 5) is 17.3. The van der Waals surface area contributed by atoms with Gasteiger partial charge in [-0.15, -0.1) is 0 Å². The first kappa shape index (κ1) is 24.1. The molecule has 2 aromatic carbocycles. The molecule has 0 aromatic heterocycles. The summed E-state index contributed by atoms with van der Waals surface area (Å²) in [6, 6.07) is 14.2. The maximum absolute atomic E-state index is 13.3. The molecule has 0 saturated carbocycles. The van der Waals surface area contributed by atoms with Gasteiger partial charge in [0, 0.05) is 38.8 Å². The Morgan fingerprint density at radius 2 is 1.71 bits per heavy atom. The van der Waals surface area contributed by atoms with Crippen LogP contribution in [-0.4, -0.2) is 82.4 Å². The van der Waals surface area contributed by atoms with E-state index in [1.165, 1.54) is 4.31 Å². The first-order chi connectivity index (χ1) is 16.3. The summed E-state index contributed by atoms with van der Waals surface area (Å²) in [6.45, 7) is 5.87. The van der Waals surface area contributed by atoms with Crippen LogP contribution in [0.15, 0.2) is 54.6 Å². The van der Waals surface area contributed by atoms with Crippen molar-refractivity contribution in [3.8, 4) is 11.5 Å². The van der Waals surface area contributed by atoms with Crippen molar-refractivity contribution in [2.45, 2.75) is 13.0 Å². The molecule has 1 atom stereocenters. The SMILES string of the molecule is C[C@@H](C(=O)N1CCN(C/C=C/c2ccccc2)CC1)N(c1ccc2c(c1)OCCO2)S(C)(=O)=O. The van der Waals surface area contributed by atoms with E-state index in [9.17, 15) is 13.2 Å². The molecular formula is C25H31N3O5S. The van der Waals surface area contributed by atoms with Crippen LogP contribution in [0.5, 0.6) is 11.5 Å². The van der Waals surface area contributed by atoms with Crippen LogP contribution in [0.25, 0.3) is 6.08 Å². The van der Waals surface area contributed by atoms with Gasteiger partial charge in [0.2, 0.25) is 15.9 Å². The van der Waals surface area contributed by atoms with E-state index in [0.717, 1.165) is 31.5 Å². The Morgan fingerprint density at radius 3 is 2.38 bits per heavy atom. The molecule has 0 bridgehead atoms. The van der Waals surface area contributed by atoms with Gasteiger partial charge in [0.25, 0.3) is 0 Å². The summed E-state index contributed by atoms with van der Waals surface area (Å²) in [6.07, 6.45) is 5.34. The molecule has 2 aliphatic rings. The van der Waals surface area contributed by atoms with Crippen molar-refractivity contribution in [2.24, 2.45) is 0 Å². The lowest BCUT2D eigenvalue weighted by Crippen LogP contribution is -2.55. The summed E-state index contributed by atoms with van der Waals surface area (Å²) in [7, 11) is -3.71. The maximum atomic E-state index is 13.3. The molecule has 2 heterocycles. The van der Waals surface area contributed by atoms with Gasteiger partial charge in [-0.3, -0.25) is 14.0 Å². The van der Waals surface area contributed by atoms with Crippen LogP contribution < -0.4 is 13.8 Å². The number of piperazine rings is 1. The van der Waals surface area contributed by atoms with Crippen molar-refractivity contribution in [2.75, 3.05) is 56.5 Å². The first-order valence-electron chi connectivity index (χ1n) is 11.4. The monoisotopic (exact) mass is 485 g/mol. The molecule has 34 heavy (non-hydrogen) atoms. The number of amides is 1. The van der Waals surface area contributed by atoms with E-state index in [0.29, 0.717) is 43.5 Å². The molecule has 8 nitrogen and oxygen atoms in total. The fourth-order valence-corrected chi connectivity index (χ4v) is 5.45. The number of rotatable bonds is 7. The van der Waals surface area contributed by atoms with Crippen molar-refractivity contribution in [3.63, 3.8) is 0 Å². The molecule has 182 valence electrons. The summed E-state index contributed by atoms with van der Waals surface area (Å²) in [5.74, 6) is 0.842. The average molecular weight is 486 g/mol. The van der Waals surface area contributed by atoms with E-state index in [1.807, 2.05) is 18.2 Å². The number of sulfonamides is 1. The van der Waals surface area contributed by atoms with E-state index in [-0.39, 0.29) is 5.91 Å². The number of nitrogens with zero attached hydrogens (tertiary/aromatic N) is 3. The van der Waals surface area contributed by atoms with Crippen LogP contribution in [0.4, 0.5) is 5.69 Å². The molecule has 1 saturated heterocycles. The lowest BCUT2D eigenvalue weighted by molar-refractivity contribution is -0.133. The molecule has 0 N–H and O–H groups in total. The van der Waals surface area contributed by atoms with Gasteiger partial charge < -0.3 is 14.4 Å². The molecule has 0 spiro atoms. The third kappa shape index (κ3) is 5.71.